The van der Waals surface area contributed by atoms with Crippen molar-refractivity contribution in [2.45, 2.75) is 5.92 Å². The van der Waals surface area contributed by atoms with E-state index in [9.17, 15) is 4.79 Å². The molecule has 0 spiro atoms. The molecule has 1 aliphatic heterocycles. The summed E-state index contributed by atoms with van der Waals surface area (Å²) in [6.45, 7) is 1.01. The molecule has 0 aliphatic carbocycles. The first kappa shape index (κ1) is 17.1. The number of aromatic nitrogens is 4. The number of aryl methyl sites for hydroxylation is 1. The van der Waals surface area contributed by atoms with E-state index in [1.54, 1.807) is 29.9 Å². The Morgan fingerprint density at radius 1 is 1.22 bits per heavy atom. The third kappa shape index (κ3) is 3.01. The fraction of sp³-hybridized carbons (Fsp3) is 0.333. The van der Waals surface area contributed by atoms with Gasteiger partial charge in [-0.25, -0.2) is 0 Å². The van der Waals surface area contributed by atoms with E-state index in [0.29, 0.717) is 42.0 Å². The number of nitrogens with zero attached hydrogens (tertiary/aromatic N) is 5. The maximum absolute atomic E-state index is 12.6. The Labute approximate surface area is 155 Å². The second-order valence-corrected chi connectivity index (χ2v) is 6.29. The van der Waals surface area contributed by atoms with Gasteiger partial charge in [0.1, 0.15) is 11.3 Å². The molecule has 1 saturated heterocycles. The van der Waals surface area contributed by atoms with Crippen LogP contribution >= 0.6 is 0 Å². The first-order valence-corrected chi connectivity index (χ1v) is 8.44. The largest absolute Gasteiger partial charge is 0.496 e. The van der Waals surface area contributed by atoms with Gasteiger partial charge in [0.15, 0.2) is 0 Å². The molecule has 1 fully saturated rings. The van der Waals surface area contributed by atoms with E-state index in [0.717, 1.165) is 5.56 Å². The molecule has 9 heteroatoms. The highest BCUT2D eigenvalue weighted by molar-refractivity contribution is 5.96. The van der Waals surface area contributed by atoms with Crippen molar-refractivity contribution in [3.63, 3.8) is 0 Å². The van der Waals surface area contributed by atoms with Crippen LogP contribution in [0.1, 0.15) is 22.2 Å². The first-order valence-electron chi connectivity index (χ1n) is 8.44. The number of amides is 1. The van der Waals surface area contributed by atoms with Gasteiger partial charge in [0, 0.05) is 26.3 Å². The average Bonchev–Trinajstić information content (AvgIpc) is 3.27. The molecule has 27 heavy (non-hydrogen) atoms. The van der Waals surface area contributed by atoms with Crippen LogP contribution in [0, 0.1) is 0 Å². The fourth-order valence-electron chi connectivity index (χ4n) is 3.08. The summed E-state index contributed by atoms with van der Waals surface area (Å²) < 4.78 is 17.5. The van der Waals surface area contributed by atoms with Gasteiger partial charge >= 0.3 is 0 Å². The van der Waals surface area contributed by atoms with Crippen molar-refractivity contribution in [1.82, 2.24) is 24.8 Å². The zero-order valence-electron chi connectivity index (χ0n) is 15.2. The van der Waals surface area contributed by atoms with Gasteiger partial charge in [-0.1, -0.05) is 17.3 Å². The highest BCUT2D eigenvalue weighted by atomic mass is 16.5. The maximum atomic E-state index is 12.6. The van der Waals surface area contributed by atoms with Crippen LogP contribution in [0.25, 0.3) is 11.4 Å². The minimum absolute atomic E-state index is 0.00701. The number of carbonyl (C=O) groups is 1. The SMILES string of the molecule is COc1ccccc1-c1noc(C2CN(C(=O)c3cn(C)nc3OC)C2)n1. The van der Waals surface area contributed by atoms with Crippen LogP contribution in [0.3, 0.4) is 0 Å². The van der Waals surface area contributed by atoms with Gasteiger partial charge < -0.3 is 18.9 Å². The van der Waals surface area contributed by atoms with Crippen LogP contribution in [-0.2, 0) is 7.05 Å². The van der Waals surface area contributed by atoms with Crippen LogP contribution in [0.4, 0.5) is 0 Å². The molecule has 4 rings (SSSR count). The Hall–Kier alpha value is -3.36. The number of likely N-dealkylation sites (tertiary alicyclic amines) is 1. The third-order valence-corrected chi connectivity index (χ3v) is 4.53. The van der Waals surface area contributed by atoms with Crippen molar-refractivity contribution < 1.29 is 18.8 Å². The van der Waals surface area contributed by atoms with Gasteiger partial charge in [0.2, 0.25) is 17.6 Å². The summed E-state index contributed by atoms with van der Waals surface area (Å²) in [5.41, 5.74) is 1.21. The summed E-state index contributed by atoms with van der Waals surface area (Å²) in [6, 6.07) is 7.49. The van der Waals surface area contributed by atoms with Crippen LogP contribution in [0.5, 0.6) is 11.6 Å². The fourth-order valence-corrected chi connectivity index (χ4v) is 3.08. The molecule has 1 aromatic carbocycles. The van der Waals surface area contributed by atoms with E-state index >= 15 is 0 Å². The standard InChI is InChI=1S/C18H19N5O4/c1-22-10-13(17(20-22)26-3)18(24)23-8-11(9-23)16-19-15(21-27-16)12-6-4-5-7-14(12)25-2/h4-7,10-11H,8-9H2,1-3H3. The minimum atomic E-state index is -0.124. The number of benzene rings is 1. The summed E-state index contributed by atoms with van der Waals surface area (Å²) >= 11 is 0. The van der Waals surface area contributed by atoms with Crippen LogP contribution < -0.4 is 9.47 Å². The molecule has 0 radical (unpaired) electrons. The predicted molar refractivity (Wildman–Crippen MR) is 94.7 cm³/mol. The van der Waals surface area contributed by atoms with Crippen molar-refractivity contribution in [3.05, 3.63) is 41.9 Å². The van der Waals surface area contributed by atoms with Crippen molar-refractivity contribution in [2.24, 2.45) is 7.05 Å². The van der Waals surface area contributed by atoms with Gasteiger partial charge in [-0.2, -0.15) is 4.98 Å². The summed E-state index contributed by atoms with van der Waals surface area (Å²) in [7, 11) is 4.84. The second-order valence-electron chi connectivity index (χ2n) is 6.29. The topological polar surface area (TPSA) is 95.5 Å². The molecular formula is C18H19N5O4. The van der Waals surface area contributed by atoms with E-state index < -0.39 is 0 Å². The lowest BCUT2D eigenvalue weighted by Gasteiger charge is -2.36. The van der Waals surface area contributed by atoms with Crippen molar-refractivity contribution in [3.8, 4) is 23.0 Å². The molecular weight excluding hydrogens is 350 g/mol. The summed E-state index contributed by atoms with van der Waals surface area (Å²) in [6.07, 6.45) is 1.65. The van der Waals surface area contributed by atoms with Gasteiger partial charge in [0.25, 0.3) is 5.91 Å². The van der Waals surface area contributed by atoms with Crippen LogP contribution in [0.2, 0.25) is 0 Å². The molecule has 1 aliphatic rings. The van der Waals surface area contributed by atoms with E-state index in [-0.39, 0.29) is 11.8 Å². The highest BCUT2D eigenvalue weighted by Crippen LogP contribution is 2.32. The summed E-state index contributed by atoms with van der Waals surface area (Å²) in [5.74, 6) is 1.87. The Balaban J connectivity index is 1.46. The predicted octanol–water partition coefficient (Wildman–Crippen LogP) is 1.73. The van der Waals surface area contributed by atoms with Gasteiger partial charge in [-0.15, -0.1) is 5.10 Å². The second kappa shape index (κ2) is 6.75. The lowest BCUT2D eigenvalue weighted by Crippen LogP contribution is -2.48. The van der Waals surface area contributed by atoms with Crippen molar-refractivity contribution >= 4 is 5.91 Å². The van der Waals surface area contributed by atoms with E-state index in [1.165, 1.54) is 7.11 Å². The summed E-state index contributed by atoms with van der Waals surface area (Å²) in [5, 5.41) is 8.17. The summed E-state index contributed by atoms with van der Waals surface area (Å²) in [4.78, 5) is 18.8. The monoisotopic (exact) mass is 369 g/mol. The molecule has 0 bridgehead atoms. The molecule has 9 nitrogen and oxygen atoms in total. The lowest BCUT2D eigenvalue weighted by atomic mass is 9.99. The number of hydrogen-bond acceptors (Lipinski definition) is 7. The lowest BCUT2D eigenvalue weighted by molar-refractivity contribution is 0.0566. The van der Waals surface area contributed by atoms with Crippen molar-refractivity contribution in [1.29, 1.82) is 0 Å². The van der Waals surface area contributed by atoms with E-state index in [2.05, 4.69) is 15.2 Å². The smallest absolute Gasteiger partial charge is 0.261 e. The molecule has 2 aromatic heterocycles. The molecule has 3 heterocycles. The molecule has 0 saturated carbocycles. The highest BCUT2D eigenvalue weighted by Gasteiger charge is 2.37. The minimum Gasteiger partial charge on any atom is -0.496 e. The van der Waals surface area contributed by atoms with Crippen molar-refractivity contribution in [2.75, 3.05) is 27.3 Å². The third-order valence-electron chi connectivity index (χ3n) is 4.53. The average molecular weight is 369 g/mol. The zero-order valence-corrected chi connectivity index (χ0v) is 15.2. The molecule has 140 valence electrons. The number of para-hydroxylation sites is 1. The van der Waals surface area contributed by atoms with Gasteiger partial charge in [-0.3, -0.25) is 9.48 Å². The Kier molecular flexibility index (Phi) is 4.27. The van der Waals surface area contributed by atoms with E-state index in [1.807, 2.05) is 24.3 Å². The first-order chi connectivity index (χ1) is 13.1. The number of methoxy groups -OCH3 is 2. The maximum Gasteiger partial charge on any atom is 0.261 e. The zero-order chi connectivity index (χ0) is 19.0. The van der Waals surface area contributed by atoms with Crippen LogP contribution in [-0.4, -0.2) is 58.0 Å². The quantitative estimate of drug-likeness (QED) is 0.676. The number of rotatable bonds is 5. The number of hydrogen-bond donors (Lipinski definition) is 0. The Morgan fingerprint density at radius 3 is 2.74 bits per heavy atom. The Morgan fingerprint density at radius 2 is 2.00 bits per heavy atom. The van der Waals surface area contributed by atoms with E-state index in [4.69, 9.17) is 14.0 Å². The molecule has 0 N–H and O–H groups in total. The van der Waals surface area contributed by atoms with Crippen LogP contribution in [0.15, 0.2) is 35.0 Å². The number of carbonyl (C=O) groups excluding carboxylic acids is 1. The normalized spacial score (nSPS) is 14.1. The Bertz CT molecular complexity index is 974. The molecule has 3 aromatic rings. The van der Waals surface area contributed by atoms with Gasteiger partial charge in [0.05, 0.1) is 25.7 Å². The molecule has 1 amide bonds. The number of ether oxygens (including phenoxy) is 2. The van der Waals surface area contributed by atoms with Gasteiger partial charge in [-0.05, 0) is 12.1 Å². The molecule has 0 unspecified atom stereocenters. The molecule has 0 atom stereocenters.